The van der Waals surface area contributed by atoms with Crippen molar-refractivity contribution in [3.05, 3.63) is 11.5 Å². The van der Waals surface area contributed by atoms with Crippen LogP contribution in [0, 0.1) is 0 Å². The summed E-state index contributed by atoms with van der Waals surface area (Å²) in [5.41, 5.74) is 0. The zero-order chi connectivity index (χ0) is 10.2. The average molecular weight is 202 g/mol. The van der Waals surface area contributed by atoms with Crippen LogP contribution in [0.15, 0.2) is 11.5 Å². The molecule has 0 aromatic carbocycles. The van der Waals surface area contributed by atoms with E-state index in [1.54, 1.807) is 0 Å². The van der Waals surface area contributed by atoms with Gasteiger partial charge < -0.3 is 18.9 Å². The standard InChI is InChI=1S/C10H18O4/c1-9-10(2)14-8-6-12-4-3-11-5-7-13-9/h3-8H2,1-2H3/b10-9-. The largest absolute Gasteiger partial charge is 0.492 e. The molecule has 0 fully saturated rings. The Morgan fingerprint density at radius 3 is 1.43 bits per heavy atom. The number of rotatable bonds is 0. The van der Waals surface area contributed by atoms with Crippen LogP contribution in [-0.4, -0.2) is 39.6 Å². The molecule has 0 amide bonds. The molecule has 0 saturated heterocycles. The highest BCUT2D eigenvalue weighted by Gasteiger charge is 2.01. The zero-order valence-electron chi connectivity index (χ0n) is 8.88. The van der Waals surface area contributed by atoms with Gasteiger partial charge in [-0.3, -0.25) is 0 Å². The van der Waals surface area contributed by atoms with Crippen molar-refractivity contribution < 1.29 is 18.9 Å². The van der Waals surface area contributed by atoms with E-state index in [2.05, 4.69) is 0 Å². The normalized spacial score (nSPS) is 26.7. The van der Waals surface area contributed by atoms with E-state index in [9.17, 15) is 0 Å². The Bertz CT molecular complexity index is 169. The molecule has 0 unspecified atom stereocenters. The molecule has 0 bridgehead atoms. The Morgan fingerprint density at radius 1 is 0.643 bits per heavy atom. The lowest BCUT2D eigenvalue weighted by molar-refractivity contribution is 0.00258. The Labute approximate surface area is 84.8 Å². The molecule has 0 radical (unpaired) electrons. The molecule has 4 heteroatoms. The van der Waals surface area contributed by atoms with Crippen LogP contribution in [0.1, 0.15) is 13.8 Å². The van der Waals surface area contributed by atoms with E-state index < -0.39 is 0 Å². The summed E-state index contributed by atoms with van der Waals surface area (Å²) in [5.74, 6) is 1.63. The second-order valence-corrected chi connectivity index (χ2v) is 3.03. The van der Waals surface area contributed by atoms with E-state index in [4.69, 9.17) is 18.9 Å². The van der Waals surface area contributed by atoms with Gasteiger partial charge in [0.15, 0.2) is 0 Å². The highest BCUT2D eigenvalue weighted by Crippen LogP contribution is 2.06. The summed E-state index contributed by atoms with van der Waals surface area (Å²) in [6.45, 7) is 7.32. The van der Waals surface area contributed by atoms with E-state index in [0.717, 1.165) is 11.5 Å². The minimum atomic E-state index is 0.562. The van der Waals surface area contributed by atoms with E-state index in [1.807, 2.05) is 13.8 Å². The topological polar surface area (TPSA) is 36.9 Å². The summed E-state index contributed by atoms with van der Waals surface area (Å²) in [4.78, 5) is 0. The quantitative estimate of drug-likeness (QED) is 0.593. The maximum atomic E-state index is 5.42. The lowest BCUT2D eigenvalue weighted by atomic mass is 10.4. The van der Waals surface area contributed by atoms with Crippen molar-refractivity contribution in [2.24, 2.45) is 0 Å². The van der Waals surface area contributed by atoms with Gasteiger partial charge in [0, 0.05) is 0 Å². The van der Waals surface area contributed by atoms with Crippen LogP contribution in [0.3, 0.4) is 0 Å². The van der Waals surface area contributed by atoms with Crippen molar-refractivity contribution in [3.63, 3.8) is 0 Å². The number of hydrogen-bond donors (Lipinski definition) is 0. The first-order valence-corrected chi connectivity index (χ1v) is 4.89. The maximum absolute atomic E-state index is 5.42. The predicted molar refractivity (Wildman–Crippen MR) is 51.9 cm³/mol. The van der Waals surface area contributed by atoms with Gasteiger partial charge in [-0.15, -0.1) is 0 Å². The molecule has 0 aromatic rings. The predicted octanol–water partition coefficient (Wildman–Crippen LogP) is 1.32. The van der Waals surface area contributed by atoms with Gasteiger partial charge in [-0.1, -0.05) is 0 Å². The molecule has 0 N–H and O–H groups in total. The monoisotopic (exact) mass is 202 g/mol. The van der Waals surface area contributed by atoms with Crippen molar-refractivity contribution in [3.8, 4) is 0 Å². The van der Waals surface area contributed by atoms with Gasteiger partial charge in [0.05, 0.1) is 26.4 Å². The maximum Gasteiger partial charge on any atom is 0.130 e. The third-order valence-electron chi connectivity index (χ3n) is 1.96. The number of ether oxygens (including phenoxy) is 4. The molecule has 4 nitrogen and oxygen atoms in total. The third-order valence-corrected chi connectivity index (χ3v) is 1.96. The summed E-state index contributed by atoms with van der Waals surface area (Å²) in [7, 11) is 0. The van der Waals surface area contributed by atoms with E-state index >= 15 is 0 Å². The fourth-order valence-electron chi connectivity index (χ4n) is 1.03. The number of allylic oxidation sites excluding steroid dienone is 2. The van der Waals surface area contributed by atoms with Crippen molar-refractivity contribution in [1.82, 2.24) is 0 Å². The van der Waals surface area contributed by atoms with Crippen molar-refractivity contribution >= 4 is 0 Å². The van der Waals surface area contributed by atoms with Gasteiger partial charge in [0.25, 0.3) is 0 Å². The van der Waals surface area contributed by atoms with Crippen LogP contribution in [-0.2, 0) is 18.9 Å². The van der Waals surface area contributed by atoms with Gasteiger partial charge in [-0.2, -0.15) is 0 Å². The van der Waals surface area contributed by atoms with Crippen molar-refractivity contribution in [1.29, 1.82) is 0 Å². The van der Waals surface area contributed by atoms with Gasteiger partial charge in [0.2, 0.25) is 0 Å². The minimum absolute atomic E-state index is 0.562. The molecule has 82 valence electrons. The summed E-state index contributed by atoms with van der Waals surface area (Å²) < 4.78 is 21.4. The molecule has 14 heavy (non-hydrogen) atoms. The molecule has 1 aliphatic heterocycles. The first-order chi connectivity index (χ1) is 6.80. The summed E-state index contributed by atoms with van der Waals surface area (Å²) in [5, 5.41) is 0. The first kappa shape index (κ1) is 11.3. The molecule has 1 aliphatic rings. The Balaban J connectivity index is 2.37. The van der Waals surface area contributed by atoms with Crippen molar-refractivity contribution in [2.45, 2.75) is 13.8 Å². The minimum Gasteiger partial charge on any atom is -0.492 e. The van der Waals surface area contributed by atoms with Gasteiger partial charge >= 0.3 is 0 Å². The second-order valence-electron chi connectivity index (χ2n) is 3.03. The lowest BCUT2D eigenvalue weighted by Crippen LogP contribution is -2.13. The van der Waals surface area contributed by atoms with Crippen LogP contribution in [0.25, 0.3) is 0 Å². The molecule has 0 aromatic heterocycles. The summed E-state index contributed by atoms with van der Waals surface area (Å²) in [6, 6.07) is 0. The Kier molecular flexibility index (Phi) is 5.40. The fraction of sp³-hybridized carbons (Fsp3) is 0.800. The van der Waals surface area contributed by atoms with E-state index in [1.165, 1.54) is 0 Å². The molecule has 0 saturated carbocycles. The lowest BCUT2D eigenvalue weighted by Gasteiger charge is -2.14. The molecular formula is C10H18O4. The zero-order valence-corrected chi connectivity index (χ0v) is 8.88. The smallest absolute Gasteiger partial charge is 0.130 e. The van der Waals surface area contributed by atoms with Crippen molar-refractivity contribution in [2.75, 3.05) is 39.6 Å². The van der Waals surface area contributed by atoms with Gasteiger partial charge in [-0.05, 0) is 13.8 Å². The van der Waals surface area contributed by atoms with Gasteiger partial charge in [-0.25, -0.2) is 0 Å². The highest BCUT2D eigenvalue weighted by atomic mass is 16.6. The van der Waals surface area contributed by atoms with Crippen LogP contribution in [0.2, 0.25) is 0 Å². The third kappa shape index (κ3) is 4.48. The van der Waals surface area contributed by atoms with Crippen LogP contribution >= 0.6 is 0 Å². The molecule has 1 rings (SSSR count). The first-order valence-electron chi connectivity index (χ1n) is 4.89. The molecule has 1 heterocycles. The van der Waals surface area contributed by atoms with Crippen LogP contribution in [0.4, 0.5) is 0 Å². The summed E-state index contributed by atoms with van der Waals surface area (Å²) in [6.07, 6.45) is 0. The van der Waals surface area contributed by atoms with Gasteiger partial charge in [0.1, 0.15) is 24.7 Å². The van der Waals surface area contributed by atoms with Crippen LogP contribution < -0.4 is 0 Å². The van der Waals surface area contributed by atoms with E-state index in [0.29, 0.717) is 39.6 Å². The molecule has 0 spiro atoms. The van der Waals surface area contributed by atoms with Crippen LogP contribution in [0.5, 0.6) is 0 Å². The molecular weight excluding hydrogens is 184 g/mol. The Hall–Kier alpha value is -0.740. The van der Waals surface area contributed by atoms with E-state index in [-0.39, 0.29) is 0 Å². The Morgan fingerprint density at radius 2 is 1.00 bits per heavy atom. The number of hydrogen-bond acceptors (Lipinski definition) is 4. The molecule has 0 atom stereocenters. The SMILES string of the molecule is C/C1=C(\C)OCCOCCOCCO1. The molecule has 0 aliphatic carbocycles. The second kappa shape index (κ2) is 6.68. The highest BCUT2D eigenvalue weighted by molar-refractivity contribution is 4.94. The summed E-state index contributed by atoms with van der Waals surface area (Å²) >= 11 is 0. The average Bonchev–Trinajstić information content (AvgIpc) is 2.18. The fourth-order valence-corrected chi connectivity index (χ4v) is 1.03.